The van der Waals surface area contributed by atoms with Gasteiger partial charge in [0.15, 0.2) is 0 Å². The molecule has 2 N–H and O–H groups in total. The zero-order chi connectivity index (χ0) is 33.3. The van der Waals surface area contributed by atoms with Crippen LogP contribution in [0.3, 0.4) is 0 Å². The first-order valence-corrected chi connectivity index (χ1v) is 15.8. The maximum Gasteiger partial charge on any atom is 0.297 e. The molecule has 0 saturated carbocycles. The summed E-state index contributed by atoms with van der Waals surface area (Å²) >= 11 is 13.3. The number of likely N-dealkylation sites (N-methyl/N-ethyl adjacent to an activating group) is 1. The van der Waals surface area contributed by atoms with Crippen molar-refractivity contribution in [3.63, 3.8) is 0 Å². The van der Waals surface area contributed by atoms with Crippen molar-refractivity contribution in [2.45, 2.75) is 32.5 Å². The monoisotopic (exact) mass is 674 g/mol. The summed E-state index contributed by atoms with van der Waals surface area (Å²) in [5.41, 5.74) is 5.45. The van der Waals surface area contributed by atoms with Crippen LogP contribution in [0.25, 0.3) is 11.0 Å². The molecule has 0 unspecified atom stereocenters. The smallest absolute Gasteiger partial charge is 0.297 e. The topological polar surface area (TPSA) is 111 Å². The number of hydrogen-bond acceptors (Lipinski definition) is 7. The second-order valence-corrected chi connectivity index (χ2v) is 11.6. The van der Waals surface area contributed by atoms with Gasteiger partial charge in [0.05, 0.1) is 42.1 Å². The van der Waals surface area contributed by atoms with Crippen molar-refractivity contribution in [2.24, 2.45) is 0 Å². The molecule has 0 fully saturated rings. The van der Waals surface area contributed by atoms with E-state index in [0.29, 0.717) is 46.5 Å². The third-order valence-electron chi connectivity index (χ3n) is 7.69. The summed E-state index contributed by atoms with van der Waals surface area (Å²) in [5, 5.41) is 6.48. The highest BCUT2D eigenvalue weighted by atomic mass is 35.5. The molecule has 5 aromatic rings. The normalized spacial score (nSPS) is 11.0. The lowest BCUT2D eigenvalue weighted by Gasteiger charge is -2.21. The van der Waals surface area contributed by atoms with E-state index in [0.717, 1.165) is 23.3 Å². The zero-order valence-corrected chi connectivity index (χ0v) is 27.9. The average molecular weight is 676 g/mol. The molecule has 3 aromatic carbocycles. The molecule has 0 aliphatic rings. The fourth-order valence-electron chi connectivity index (χ4n) is 5.11. The Morgan fingerprint density at radius 1 is 0.979 bits per heavy atom. The Morgan fingerprint density at radius 3 is 2.49 bits per heavy atom. The van der Waals surface area contributed by atoms with E-state index < -0.39 is 0 Å². The maximum atomic E-state index is 13.0. The molecular weight excluding hydrogens is 639 g/mol. The molecule has 244 valence electrons. The third kappa shape index (κ3) is 8.21. The van der Waals surface area contributed by atoms with E-state index in [9.17, 15) is 9.59 Å². The second kappa shape index (κ2) is 15.8. The van der Waals surface area contributed by atoms with Crippen molar-refractivity contribution in [1.29, 1.82) is 0 Å². The van der Waals surface area contributed by atoms with Gasteiger partial charge in [0, 0.05) is 36.8 Å². The molecule has 0 saturated heterocycles. The van der Waals surface area contributed by atoms with Gasteiger partial charge in [0.2, 0.25) is 11.8 Å². The number of benzene rings is 3. The van der Waals surface area contributed by atoms with E-state index in [1.807, 2.05) is 72.3 Å². The molecule has 12 heteroatoms. The molecule has 0 aliphatic carbocycles. The fraction of sp³-hybridized carbons (Fsp3) is 0.257. The number of hydrogen-bond donors (Lipinski definition) is 2. The number of fused-ring (bicyclic) bond motifs is 1. The molecular formula is C35H36Cl2N6O4. The van der Waals surface area contributed by atoms with Crippen molar-refractivity contribution in [3.8, 4) is 11.8 Å². The van der Waals surface area contributed by atoms with Gasteiger partial charge in [-0.15, -0.1) is 0 Å². The van der Waals surface area contributed by atoms with Gasteiger partial charge in [0.1, 0.15) is 17.9 Å². The number of carbonyl (C=O) groups excluding carboxylic acids is 2. The van der Waals surface area contributed by atoms with E-state index in [1.165, 1.54) is 10.5 Å². The number of nitrogens with zero attached hydrogens (tertiary/aromatic N) is 4. The first-order chi connectivity index (χ1) is 22.8. The second-order valence-electron chi connectivity index (χ2n) is 10.9. The first-order valence-electron chi connectivity index (χ1n) is 15.1. The van der Waals surface area contributed by atoms with Gasteiger partial charge in [-0.3, -0.25) is 19.1 Å². The van der Waals surface area contributed by atoms with E-state index in [1.54, 1.807) is 32.5 Å². The Morgan fingerprint density at radius 2 is 1.77 bits per heavy atom. The Hall–Kier alpha value is -4.64. The van der Waals surface area contributed by atoms with Crippen LogP contribution < -0.4 is 25.0 Å². The SMILES string of the molecule is CNCc1ccc(CCC(=O)NCC(=O)N(C)c2ccc(Cl)c(COc3cccc4c3nc(OC)n4Cc3ccccn3)c2Cl)cc1. The number of halogens is 2. The van der Waals surface area contributed by atoms with E-state index in [2.05, 4.69) is 20.6 Å². The number of amides is 2. The molecule has 0 bridgehead atoms. The summed E-state index contributed by atoms with van der Waals surface area (Å²) in [6.07, 6.45) is 2.59. The number of rotatable bonds is 14. The minimum atomic E-state index is -0.332. The molecule has 0 aliphatic heterocycles. The lowest BCUT2D eigenvalue weighted by Crippen LogP contribution is -2.38. The van der Waals surface area contributed by atoms with E-state index >= 15 is 0 Å². The maximum absolute atomic E-state index is 13.0. The van der Waals surface area contributed by atoms with Crippen LogP contribution >= 0.6 is 23.2 Å². The predicted octanol–water partition coefficient (Wildman–Crippen LogP) is 5.81. The summed E-state index contributed by atoms with van der Waals surface area (Å²) < 4.78 is 13.7. The molecule has 0 spiro atoms. The van der Waals surface area contributed by atoms with Gasteiger partial charge in [-0.2, -0.15) is 4.98 Å². The number of imidazole rings is 1. The molecule has 2 aromatic heterocycles. The van der Waals surface area contributed by atoms with Crippen LogP contribution in [-0.2, 0) is 35.7 Å². The lowest BCUT2D eigenvalue weighted by atomic mass is 10.1. The number of anilines is 1. The number of nitrogens with one attached hydrogen (secondary N) is 2. The zero-order valence-electron chi connectivity index (χ0n) is 26.4. The molecule has 10 nitrogen and oxygen atoms in total. The number of carbonyl (C=O) groups is 2. The van der Waals surface area contributed by atoms with Gasteiger partial charge in [-0.05, 0) is 61.0 Å². The van der Waals surface area contributed by atoms with Crippen molar-refractivity contribution in [2.75, 3.05) is 32.6 Å². The van der Waals surface area contributed by atoms with Gasteiger partial charge < -0.3 is 25.0 Å². The van der Waals surface area contributed by atoms with Crippen LogP contribution in [0, 0.1) is 0 Å². The predicted molar refractivity (Wildman–Crippen MR) is 184 cm³/mol. The van der Waals surface area contributed by atoms with Crippen LogP contribution in [0.2, 0.25) is 10.0 Å². The largest absolute Gasteiger partial charge is 0.486 e. The Balaban J connectivity index is 1.23. The molecule has 2 amide bonds. The van der Waals surface area contributed by atoms with Crippen molar-refractivity contribution < 1.29 is 19.1 Å². The third-order valence-corrected chi connectivity index (χ3v) is 8.47. The van der Waals surface area contributed by atoms with Crippen LogP contribution in [-0.4, -0.2) is 54.1 Å². The van der Waals surface area contributed by atoms with Gasteiger partial charge in [-0.1, -0.05) is 59.6 Å². The number of methoxy groups -OCH3 is 1. The summed E-state index contributed by atoms with van der Waals surface area (Å²) in [4.78, 5) is 36.0. The number of para-hydroxylation sites is 1. The lowest BCUT2D eigenvalue weighted by molar-refractivity contribution is -0.124. The van der Waals surface area contributed by atoms with E-state index in [4.69, 9.17) is 32.7 Å². The summed E-state index contributed by atoms with van der Waals surface area (Å²) in [6.45, 7) is 1.10. The quantitative estimate of drug-likeness (QED) is 0.153. The Labute approximate surface area is 283 Å². The highest BCUT2D eigenvalue weighted by Gasteiger charge is 2.21. The highest BCUT2D eigenvalue weighted by Crippen LogP contribution is 2.36. The Kier molecular flexibility index (Phi) is 11.3. The van der Waals surface area contributed by atoms with Crippen LogP contribution in [0.4, 0.5) is 5.69 Å². The van der Waals surface area contributed by atoms with Crippen LogP contribution in [0.5, 0.6) is 11.8 Å². The number of aryl methyl sites for hydroxylation is 1. The van der Waals surface area contributed by atoms with Gasteiger partial charge in [0.25, 0.3) is 6.01 Å². The average Bonchev–Trinajstić information content (AvgIpc) is 3.45. The van der Waals surface area contributed by atoms with E-state index in [-0.39, 0.29) is 36.4 Å². The first kappa shape index (κ1) is 33.7. The molecule has 0 radical (unpaired) electrons. The van der Waals surface area contributed by atoms with Gasteiger partial charge in [-0.25, -0.2) is 0 Å². The minimum Gasteiger partial charge on any atom is -0.486 e. The summed E-state index contributed by atoms with van der Waals surface area (Å²) in [5.74, 6) is -0.0315. The molecule has 0 atom stereocenters. The molecule has 2 heterocycles. The number of pyridine rings is 1. The van der Waals surface area contributed by atoms with Crippen molar-refractivity contribution >= 4 is 51.7 Å². The highest BCUT2D eigenvalue weighted by molar-refractivity contribution is 6.38. The molecule has 5 rings (SSSR count). The number of ether oxygens (including phenoxy) is 2. The van der Waals surface area contributed by atoms with Crippen molar-refractivity contribution in [1.82, 2.24) is 25.2 Å². The van der Waals surface area contributed by atoms with Gasteiger partial charge >= 0.3 is 0 Å². The minimum absolute atomic E-state index is 0.0226. The molecule has 47 heavy (non-hydrogen) atoms. The van der Waals surface area contributed by atoms with Crippen LogP contribution in [0.1, 0.15) is 28.8 Å². The standard InChI is InChI=1S/C35H36Cl2N6O4/c1-38-19-24-12-10-23(11-13-24)14-17-31(44)40-20-32(45)42(2)28-16-15-27(36)26(33(28)37)22-47-30-9-6-8-29-34(30)41-35(46-3)43(29)21-25-7-4-5-18-39-25/h4-13,15-16,18,38H,14,17,19-22H2,1-3H3,(H,40,44). The number of aromatic nitrogens is 3. The fourth-order valence-corrected chi connectivity index (χ4v) is 5.71. The van der Waals surface area contributed by atoms with Crippen molar-refractivity contribution in [3.05, 3.63) is 111 Å². The Bertz CT molecular complexity index is 1850. The summed E-state index contributed by atoms with van der Waals surface area (Å²) in [7, 11) is 5.06. The summed E-state index contributed by atoms with van der Waals surface area (Å²) in [6, 6.07) is 23.2. The van der Waals surface area contributed by atoms with Crippen LogP contribution in [0.15, 0.2) is 79.0 Å².